The molecule has 0 saturated carbocycles. The fourth-order valence-electron chi connectivity index (χ4n) is 1.32. The van der Waals surface area contributed by atoms with Gasteiger partial charge in [-0.1, -0.05) is 27.2 Å². The molecule has 0 saturated heterocycles. The standard InChI is InChI=1S/C11H10BrN3O2/c1-7-13-11(17-15-7)6-10(16)14-9-4-2-3-8(12)5-9/h2-5H,6H2,1H3,(H,14,16). The van der Waals surface area contributed by atoms with Crippen LogP contribution in [0.4, 0.5) is 5.69 Å². The van der Waals surface area contributed by atoms with Gasteiger partial charge in [0.2, 0.25) is 11.8 Å². The van der Waals surface area contributed by atoms with E-state index in [4.69, 9.17) is 4.52 Å². The van der Waals surface area contributed by atoms with Crippen molar-refractivity contribution in [3.8, 4) is 0 Å². The van der Waals surface area contributed by atoms with E-state index in [1.807, 2.05) is 24.3 Å². The fourth-order valence-corrected chi connectivity index (χ4v) is 1.72. The highest BCUT2D eigenvalue weighted by atomic mass is 79.9. The van der Waals surface area contributed by atoms with Gasteiger partial charge in [-0.2, -0.15) is 4.98 Å². The maximum atomic E-state index is 11.6. The smallest absolute Gasteiger partial charge is 0.236 e. The number of aryl methyl sites for hydroxylation is 1. The largest absolute Gasteiger partial charge is 0.339 e. The van der Waals surface area contributed by atoms with Crippen LogP contribution in [-0.2, 0) is 11.2 Å². The van der Waals surface area contributed by atoms with Crippen LogP contribution < -0.4 is 5.32 Å². The van der Waals surface area contributed by atoms with E-state index in [1.54, 1.807) is 6.92 Å². The van der Waals surface area contributed by atoms with Crippen molar-refractivity contribution in [3.63, 3.8) is 0 Å². The molecule has 5 nitrogen and oxygen atoms in total. The summed E-state index contributed by atoms with van der Waals surface area (Å²) < 4.78 is 5.77. The summed E-state index contributed by atoms with van der Waals surface area (Å²) in [6, 6.07) is 7.35. The zero-order valence-corrected chi connectivity index (χ0v) is 10.7. The predicted molar refractivity (Wildman–Crippen MR) is 65.5 cm³/mol. The van der Waals surface area contributed by atoms with E-state index < -0.39 is 0 Å². The van der Waals surface area contributed by atoms with Gasteiger partial charge < -0.3 is 9.84 Å². The summed E-state index contributed by atoms with van der Waals surface area (Å²) in [6.45, 7) is 1.71. The van der Waals surface area contributed by atoms with E-state index in [2.05, 4.69) is 31.4 Å². The van der Waals surface area contributed by atoms with Crippen molar-refractivity contribution >= 4 is 27.5 Å². The molecule has 0 aliphatic heterocycles. The summed E-state index contributed by atoms with van der Waals surface area (Å²) in [7, 11) is 0. The third kappa shape index (κ3) is 3.39. The Morgan fingerprint density at radius 2 is 2.35 bits per heavy atom. The first-order valence-electron chi connectivity index (χ1n) is 4.98. The Labute approximate surface area is 106 Å². The first-order chi connectivity index (χ1) is 8.13. The molecule has 1 heterocycles. The van der Waals surface area contributed by atoms with Crippen molar-refractivity contribution in [3.05, 3.63) is 40.5 Å². The number of rotatable bonds is 3. The average Bonchev–Trinajstić information content (AvgIpc) is 2.63. The van der Waals surface area contributed by atoms with E-state index in [1.165, 1.54) is 0 Å². The second-order valence-electron chi connectivity index (χ2n) is 3.47. The van der Waals surface area contributed by atoms with E-state index >= 15 is 0 Å². The zero-order valence-electron chi connectivity index (χ0n) is 9.11. The Balaban J connectivity index is 1.98. The normalized spacial score (nSPS) is 10.2. The molecule has 0 radical (unpaired) electrons. The first kappa shape index (κ1) is 11.8. The molecular weight excluding hydrogens is 286 g/mol. The van der Waals surface area contributed by atoms with Crippen LogP contribution in [0.25, 0.3) is 0 Å². The quantitative estimate of drug-likeness (QED) is 0.943. The number of benzene rings is 1. The van der Waals surface area contributed by atoms with Crippen LogP contribution in [0.2, 0.25) is 0 Å². The number of amides is 1. The molecule has 1 N–H and O–H groups in total. The Hall–Kier alpha value is -1.69. The molecule has 0 fully saturated rings. The molecule has 0 aliphatic rings. The van der Waals surface area contributed by atoms with Crippen molar-refractivity contribution < 1.29 is 9.32 Å². The fraction of sp³-hybridized carbons (Fsp3) is 0.182. The first-order valence-corrected chi connectivity index (χ1v) is 5.77. The molecule has 0 aliphatic carbocycles. The van der Waals surface area contributed by atoms with Gasteiger partial charge in [0, 0.05) is 10.2 Å². The summed E-state index contributed by atoms with van der Waals surface area (Å²) in [5, 5.41) is 6.36. The molecule has 1 aromatic carbocycles. The maximum Gasteiger partial charge on any atom is 0.236 e. The van der Waals surface area contributed by atoms with Crippen molar-refractivity contribution in [1.29, 1.82) is 0 Å². The van der Waals surface area contributed by atoms with Gasteiger partial charge in [0.1, 0.15) is 6.42 Å². The number of aromatic nitrogens is 2. The van der Waals surface area contributed by atoms with Gasteiger partial charge in [-0.25, -0.2) is 0 Å². The molecule has 6 heteroatoms. The van der Waals surface area contributed by atoms with E-state index in [-0.39, 0.29) is 12.3 Å². The SMILES string of the molecule is Cc1noc(CC(=O)Nc2cccc(Br)c2)n1. The van der Waals surface area contributed by atoms with Gasteiger partial charge in [0.25, 0.3) is 0 Å². The summed E-state index contributed by atoms with van der Waals surface area (Å²) in [6.07, 6.45) is 0.0767. The number of carbonyl (C=O) groups is 1. The summed E-state index contributed by atoms with van der Waals surface area (Å²) in [5.74, 6) is 0.650. The Morgan fingerprint density at radius 1 is 1.53 bits per heavy atom. The number of carbonyl (C=O) groups excluding carboxylic acids is 1. The Morgan fingerprint density at radius 3 is 3.00 bits per heavy atom. The molecule has 17 heavy (non-hydrogen) atoms. The molecule has 0 spiro atoms. The summed E-state index contributed by atoms with van der Waals surface area (Å²) >= 11 is 3.33. The van der Waals surface area contributed by atoms with Crippen LogP contribution in [-0.4, -0.2) is 16.0 Å². The molecule has 1 amide bonds. The van der Waals surface area contributed by atoms with Crippen LogP contribution in [0, 0.1) is 6.92 Å². The van der Waals surface area contributed by atoms with Gasteiger partial charge in [0.15, 0.2) is 5.82 Å². The third-order valence-electron chi connectivity index (χ3n) is 1.99. The zero-order chi connectivity index (χ0) is 12.3. The van der Waals surface area contributed by atoms with Gasteiger partial charge in [0.05, 0.1) is 0 Å². The number of halogens is 1. The maximum absolute atomic E-state index is 11.6. The van der Waals surface area contributed by atoms with Crippen LogP contribution in [0.3, 0.4) is 0 Å². The topological polar surface area (TPSA) is 68.0 Å². The van der Waals surface area contributed by atoms with Gasteiger partial charge in [-0.3, -0.25) is 4.79 Å². The minimum absolute atomic E-state index is 0.0767. The third-order valence-corrected chi connectivity index (χ3v) is 2.48. The van der Waals surface area contributed by atoms with Crippen molar-refractivity contribution in [2.75, 3.05) is 5.32 Å². The minimum Gasteiger partial charge on any atom is -0.339 e. The lowest BCUT2D eigenvalue weighted by Gasteiger charge is -2.03. The molecule has 0 atom stereocenters. The highest BCUT2D eigenvalue weighted by Gasteiger charge is 2.09. The Bertz CT molecular complexity index is 539. The molecule has 2 aromatic rings. The molecule has 88 valence electrons. The number of nitrogens with zero attached hydrogens (tertiary/aromatic N) is 2. The van der Waals surface area contributed by atoms with Crippen LogP contribution in [0.1, 0.15) is 11.7 Å². The number of hydrogen-bond donors (Lipinski definition) is 1. The lowest BCUT2D eigenvalue weighted by atomic mass is 10.3. The predicted octanol–water partition coefficient (Wildman–Crippen LogP) is 2.32. The average molecular weight is 296 g/mol. The Kier molecular flexibility index (Phi) is 3.53. The van der Waals surface area contributed by atoms with Crippen molar-refractivity contribution in [1.82, 2.24) is 10.1 Å². The highest BCUT2D eigenvalue weighted by Crippen LogP contribution is 2.15. The molecular formula is C11H10BrN3O2. The van der Waals surface area contributed by atoms with E-state index in [0.717, 1.165) is 10.2 Å². The molecule has 0 bridgehead atoms. The van der Waals surface area contributed by atoms with Crippen LogP contribution in [0.5, 0.6) is 0 Å². The highest BCUT2D eigenvalue weighted by molar-refractivity contribution is 9.10. The molecule has 0 unspecified atom stereocenters. The minimum atomic E-state index is -0.188. The van der Waals surface area contributed by atoms with Gasteiger partial charge in [-0.05, 0) is 25.1 Å². The van der Waals surface area contributed by atoms with Gasteiger partial charge >= 0.3 is 0 Å². The second kappa shape index (κ2) is 5.09. The summed E-state index contributed by atoms with van der Waals surface area (Å²) in [5.41, 5.74) is 0.723. The lowest BCUT2D eigenvalue weighted by Crippen LogP contribution is -2.14. The number of anilines is 1. The van der Waals surface area contributed by atoms with Crippen molar-refractivity contribution in [2.45, 2.75) is 13.3 Å². The van der Waals surface area contributed by atoms with Crippen LogP contribution in [0.15, 0.2) is 33.3 Å². The van der Waals surface area contributed by atoms with Crippen LogP contribution >= 0.6 is 15.9 Å². The number of hydrogen-bond acceptors (Lipinski definition) is 4. The molecule has 1 aromatic heterocycles. The lowest BCUT2D eigenvalue weighted by molar-refractivity contribution is -0.115. The number of nitrogens with one attached hydrogen (secondary N) is 1. The van der Waals surface area contributed by atoms with E-state index in [0.29, 0.717) is 11.7 Å². The monoisotopic (exact) mass is 295 g/mol. The van der Waals surface area contributed by atoms with Crippen molar-refractivity contribution in [2.24, 2.45) is 0 Å². The second-order valence-corrected chi connectivity index (χ2v) is 4.39. The summed E-state index contributed by atoms with van der Waals surface area (Å²) in [4.78, 5) is 15.6. The van der Waals surface area contributed by atoms with Gasteiger partial charge in [-0.15, -0.1) is 0 Å². The van der Waals surface area contributed by atoms with E-state index in [9.17, 15) is 4.79 Å². The molecule has 2 rings (SSSR count).